The second kappa shape index (κ2) is 4.87. The van der Waals surface area contributed by atoms with Crippen LogP contribution in [0.3, 0.4) is 0 Å². The van der Waals surface area contributed by atoms with E-state index >= 15 is 0 Å². The zero-order valence-corrected chi connectivity index (χ0v) is 11.2. The van der Waals surface area contributed by atoms with Gasteiger partial charge in [-0.2, -0.15) is 0 Å². The van der Waals surface area contributed by atoms with Gasteiger partial charge >= 0.3 is 0 Å². The number of carbonyl (C=O) groups excluding carboxylic acids is 1. The molecule has 0 aromatic heterocycles. The van der Waals surface area contributed by atoms with Gasteiger partial charge in [-0.15, -0.1) is 0 Å². The molecule has 96 valence electrons. The first kappa shape index (κ1) is 12.0. The van der Waals surface area contributed by atoms with Gasteiger partial charge in [-0.3, -0.25) is 4.79 Å². The highest BCUT2D eigenvalue weighted by atomic mass is 16.1. The largest absolute Gasteiger partial charge is 0.294 e. The smallest absolute Gasteiger partial charge is 0.166 e. The van der Waals surface area contributed by atoms with Crippen LogP contribution >= 0.6 is 0 Å². The zero-order chi connectivity index (χ0) is 12.5. The van der Waals surface area contributed by atoms with Crippen LogP contribution in [0.15, 0.2) is 24.3 Å². The fraction of sp³-hybridized carbons (Fsp3) is 0.588. The van der Waals surface area contributed by atoms with Gasteiger partial charge in [0.15, 0.2) is 5.78 Å². The van der Waals surface area contributed by atoms with Crippen molar-refractivity contribution in [2.45, 2.75) is 45.4 Å². The molecule has 0 N–H and O–H groups in total. The maximum Gasteiger partial charge on any atom is 0.166 e. The van der Waals surface area contributed by atoms with Crippen molar-refractivity contribution in [1.29, 1.82) is 0 Å². The Balaban J connectivity index is 1.72. The first-order valence-electron chi connectivity index (χ1n) is 7.41. The van der Waals surface area contributed by atoms with Gasteiger partial charge in [0.2, 0.25) is 0 Å². The fourth-order valence-electron chi connectivity index (χ4n) is 3.90. The van der Waals surface area contributed by atoms with E-state index in [1.807, 2.05) is 12.1 Å². The number of benzene rings is 1. The standard InChI is InChI=1S/C17H22O/c1-2-3-12-4-7-14(8-5-12)17(18)16-11-13-6-9-15(16)10-13/h4-5,7-8,13,15-16H,2-3,6,9-11H2,1H3. The Morgan fingerprint density at radius 1 is 1.17 bits per heavy atom. The van der Waals surface area contributed by atoms with Crippen LogP contribution in [0.25, 0.3) is 0 Å². The van der Waals surface area contributed by atoms with Gasteiger partial charge in [0, 0.05) is 11.5 Å². The minimum atomic E-state index is 0.334. The van der Waals surface area contributed by atoms with E-state index in [0.29, 0.717) is 17.6 Å². The number of aryl methyl sites for hydroxylation is 1. The molecular formula is C17H22O. The van der Waals surface area contributed by atoms with E-state index in [4.69, 9.17) is 0 Å². The number of fused-ring (bicyclic) bond motifs is 2. The average Bonchev–Trinajstić information content (AvgIpc) is 3.01. The van der Waals surface area contributed by atoms with E-state index < -0.39 is 0 Å². The van der Waals surface area contributed by atoms with E-state index in [1.54, 1.807) is 0 Å². The zero-order valence-electron chi connectivity index (χ0n) is 11.2. The summed E-state index contributed by atoms with van der Waals surface area (Å²) in [6.45, 7) is 2.19. The van der Waals surface area contributed by atoms with Gasteiger partial charge in [0.05, 0.1) is 0 Å². The molecule has 1 aromatic carbocycles. The Morgan fingerprint density at radius 2 is 1.94 bits per heavy atom. The molecule has 3 rings (SSSR count). The van der Waals surface area contributed by atoms with Crippen LogP contribution in [0.5, 0.6) is 0 Å². The predicted octanol–water partition coefficient (Wildman–Crippen LogP) is 4.26. The van der Waals surface area contributed by atoms with Crippen LogP contribution in [0.2, 0.25) is 0 Å². The average molecular weight is 242 g/mol. The normalized spacial score (nSPS) is 29.7. The van der Waals surface area contributed by atoms with Crippen LogP contribution in [0.1, 0.15) is 54.9 Å². The Hall–Kier alpha value is -1.11. The molecule has 0 radical (unpaired) electrons. The van der Waals surface area contributed by atoms with Crippen molar-refractivity contribution in [2.75, 3.05) is 0 Å². The Labute approximate surface area is 110 Å². The quantitative estimate of drug-likeness (QED) is 0.721. The van der Waals surface area contributed by atoms with Gasteiger partial charge in [0.1, 0.15) is 0 Å². The second-order valence-electron chi connectivity index (χ2n) is 6.09. The molecule has 2 fully saturated rings. The summed E-state index contributed by atoms with van der Waals surface area (Å²) in [5.41, 5.74) is 2.29. The molecule has 0 amide bonds. The molecule has 3 atom stereocenters. The lowest BCUT2D eigenvalue weighted by Gasteiger charge is -2.20. The molecule has 2 saturated carbocycles. The lowest BCUT2D eigenvalue weighted by molar-refractivity contribution is 0.0875. The number of ketones is 1. The van der Waals surface area contributed by atoms with E-state index in [0.717, 1.165) is 24.3 Å². The highest BCUT2D eigenvalue weighted by molar-refractivity contribution is 5.98. The summed E-state index contributed by atoms with van der Waals surface area (Å²) in [5, 5.41) is 0. The number of hydrogen-bond donors (Lipinski definition) is 0. The Bertz CT molecular complexity index is 431. The van der Waals surface area contributed by atoms with Gasteiger partial charge in [0.25, 0.3) is 0 Å². The first-order chi connectivity index (χ1) is 8.78. The Kier molecular flexibility index (Phi) is 3.23. The molecule has 3 unspecified atom stereocenters. The molecule has 1 nitrogen and oxygen atoms in total. The van der Waals surface area contributed by atoms with Crippen LogP contribution in [0, 0.1) is 17.8 Å². The van der Waals surface area contributed by atoms with E-state index in [9.17, 15) is 4.79 Å². The third kappa shape index (κ3) is 2.11. The molecule has 0 spiro atoms. The van der Waals surface area contributed by atoms with Gasteiger partial charge in [-0.25, -0.2) is 0 Å². The number of rotatable bonds is 4. The van der Waals surface area contributed by atoms with Crippen molar-refractivity contribution in [2.24, 2.45) is 17.8 Å². The predicted molar refractivity (Wildman–Crippen MR) is 73.7 cm³/mol. The fourth-order valence-corrected chi connectivity index (χ4v) is 3.90. The summed E-state index contributed by atoms with van der Waals surface area (Å²) < 4.78 is 0. The van der Waals surface area contributed by atoms with Crippen molar-refractivity contribution in [3.05, 3.63) is 35.4 Å². The van der Waals surface area contributed by atoms with Gasteiger partial charge < -0.3 is 0 Å². The third-order valence-corrected chi connectivity index (χ3v) is 4.85. The molecule has 2 aliphatic carbocycles. The summed E-state index contributed by atoms with van der Waals surface area (Å²) in [6.07, 6.45) is 7.39. The van der Waals surface area contributed by atoms with E-state index in [1.165, 1.54) is 31.2 Å². The SMILES string of the molecule is CCCc1ccc(C(=O)C2CC3CCC2C3)cc1. The molecule has 1 aromatic rings. The molecule has 2 aliphatic rings. The Morgan fingerprint density at radius 3 is 2.50 bits per heavy atom. The second-order valence-corrected chi connectivity index (χ2v) is 6.09. The summed E-state index contributed by atoms with van der Waals surface area (Å²) in [6, 6.07) is 8.34. The topological polar surface area (TPSA) is 17.1 Å². The van der Waals surface area contributed by atoms with Crippen LogP contribution in [-0.4, -0.2) is 5.78 Å². The van der Waals surface area contributed by atoms with Crippen LogP contribution in [-0.2, 0) is 6.42 Å². The minimum absolute atomic E-state index is 0.334. The summed E-state index contributed by atoms with van der Waals surface area (Å²) in [4.78, 5) is 12.5. The monoisotopic (exact) mass is 242 g/mol. The third-order valence-electron chi connectivity index (χ3n) is 4.85. The number of carbonyl (C=O) groups is 1. The molecule has 0 saturated heterocycles. The molecule has 1 heteroatoms. The van der Waals surface area contributed by atoms with Crippen molar-refractivity contribution >= 4 is 5.78 Å². The van der Waals surface area contributed by atoms with Crippen molar-refractivity contribution in [3.63, 3.8) is 0 Å². The summed E-state index contributed by atoms with van der Waals surface area (Å²) >= 11 is 0. The van der Waals surface area contributed by atoms with Crippen molar-refractivity contribution in [1.82, 2.24) is 0 Å². The summed E-state index contributed by atoms with van der Waals surface area (Å²) in [5.74, 6) is 2.28. The molecule has 2 bridgehead atoms. The van der Waals surface area contributed by atoms with E-state index in [-0.39, 0.29) is 0 Å². The number of hydrogen-bond acceptors (Lipinski definition) is 1. The first-order valence-corrected chi connectivity index (χ1v) is 7.41. The molecule has 0 heterocycles. The van der Waals surface area contributed by atoms with Crippen molar-refractivity contribution in [3.8, 4) is 0 Å². The molecular weight excluding hydrogens is 220 g/mol. The maximum atomic E-state index is 12.5. The highest BCUT2D eigenvalue weighted by Crippen LogP contribution is 2.49. The van der Waals surface area contributed by atoms with Gasteiger partial charge in [-0.1, -0.05) is 44.0 Å². The highest BCUT2D eigenvalue weighted by Gasteiger charge is 2.42. The lowest BCUT2D eigenvalue weighted by Crippen LogP contribution is -2.21. The van der Waals surface area contributed by atoms with E-state index in [2.05, 4.69) is 19.1 Å². The summed E-state index contributed by atoms with van der Waals surface area (Å²) in [7, 11) is 0. The molecule has 0 aliphatic heterocycles. The van der Waals surface area contributed by atoms with Crippen LogP contribution < -0.4 is 0 Å². The minimum Gasteiger partial charge on any atom is -0.294 e. The van der Waals surface area contributed by atoms with Crippen LogP contribution in [0.4, 0.5) is 0 Å². The lowest BCUT2D eigenvalue weighted by atomic mass is 9.83. The van der Waals surface area contributed by atoms with Gasteiger partial charge in [-0.05, 0) is 43.1 Å². The maximum absolute atomic E-state index is 12.5. The number of Topliss-reactive ketones (excluding diaryl/α,β-unsaturated/α-hetero) is 1. The van der Waals surface area contributed by atoms with Crippen molar-refractivity contribution < 1.29 is 4.79 Å². The molecule has 18 heavy (non-hydrogen) atoms.